The van der Waals surface area contributed by atoms with Crippen LogP contribution in [0.25, 0.3) is 0 Å². The molecule has 0 aliphatic heterocycles. The molecule has 0 aliphatic rings. The lowest BCUT2D eigenvalue weighted by atomic mass is 10.1. The fraction of sp³-hybridized carbons (Fsp3) is 0.364. The molecule has 0 rings (SSSR count). The lowest BCUT2D eigenvalue weighted by Crippen LogP contribution is -2.09. The topological polar surface area (TPSA) is 26.3 Å². The van der Waals surface area contributed by atoms with E-state index in [1.807, 2.05) is 13.8 Å². The highest BCUT2D eigenvalue weighted by molar-refractivity contribution is 9.11. The smallest absolute Gasteiger partial charge is 0.339 e. The summed E-state index contributed by atoms with van der Waals surface area (Å²) in [6.07, 6.45) is 3.42. The number of esters is 1. The molecule has 0 spiro atoms. The van der Waals surface area contributed by atoms with Gasteiger partial charge in [0.05, 0.1) is 12.2 Å². The molecule has 0 radical (unpaired) electrons. The first-order valence-corrected chi connectivity index (χ1v) is 5.17. The Bertz CT molecular complexity index is 284. The normalized spacial score (nSPS) is 13.3. The summed E-state index contributed by atoms with van der Waals surface area (Å²) >= 11 is 3.29. The van der Waals surface area contributed by atoms with Crippen molar-refractivity contribution in [2.24, 2.45) is 0 Å². The summed E-state index contributed by atoms with van der Waals surface area (Å²) < 4.78 is 5.70. The van der Waals surface area contributed by atoms with Gasteiger partial charge in [0, 0.05) is 4.48 Å². The molecule has 0 aromatic carbocycles. The molecular weight excluding hydrogens is 244 g/mol. The lowest BCUT2D eigenvalue weighted by Gasteiger charge is -2.07. The van der Waals surface area contributed by atoms with Crippen LogP contribution < -0.4 is 0 Å². The van der Waals surface area contributed by atoms with E-state index in [-0.39, 0.29) is 5.97 Å². The molecule has 0 fully saturated rings. The van der Waals surface area contributed by atoms with Crippen LogP contribution in [0.2, 0.25) is 0 Å². The summed E-state index contributed by atoms with van der Waals surface area (Å²) in [6.45, 7) is 9.40. The minimum Gasteiger partial charge on any atom is -0.462 e. The van der Waals surface area contributed by atoms with Crippen LogP contribution in [-0.4, -0.2) is 12.6 Å². The van der Waals surface area contributed by atoms with Crippen LogP contribution in [0.1, 0.15) is 20.8 Å². The second-order valence-corrected chi connectivity index (χ2v) is 3.90. The molecule has 2 nitrogen and oxygen atoms in total. The van der Waals surface area contributed by atoms with Crippen molar-refractivity contribution in [3.05, 3.63) is 34.4 Å². The molecule has 0 bridgehead atoms. The fourth-order valence-corrected chi connectivity index (χ4v) is 1.51. The highest BCUT2D eigenvalue weighted by atomic mass is 79.9. The van der Waals surface area contributed by atoms with Crippen LogP contribution in [-0.2, 0) is 9.53 Å². The molecule has 14 heavy (non-hydrogen) atoms. The summed E-state index contributed by atoms with van der Waals surface area (Å²) in [5, 5.41) is 0. The molecule has 0 saturated heterocycles. The van der Waals surface area contributed by atoms with Crippen molar-refractivity contribution in [1.82, 2.24) is 0 Å². The van der Waals surface area contributed by atoms with Crippen molar-refractivity contribution in [3.63, 3.8) is 0 Å². The molecule has 3 heteroatoms. The largest absolute Gasteiger partial charge is 0.462 e. The molecular formula is C11H15BrO2. The number of hydrogen-bond acceptors (Lipinski definition) is 2. The molecule has 0 aliphatic carbocycles. The maximum atomic E-state index is 11.5. The van der Waals surface area contributed by atoms with Gasteiger partial charge in [-0.15, -0.1) is 0 Å². The van der Waals surface area contributed by atoms with Crippen LogP contribution >= 0.6 is 15.9 Å². The Morgan fingerprint density at radius 3 is 2.43 bits per heavy atom. The molecule has 0 aromatic rings. The summed E-state index contributed by atoms with van der Waals surface area (Å²) in [5.41, 5.74) is 1.40. The van der Waals surface area contributed by atoms with E-state index in [0.29, 0.717) is 12.2 Å². The van der Waals surface area contributed by atoms with E-state index in [1.54, 1.807) is 19.1 Å². The average Bonchev–Trinajstić information content (AvgIpc) is 2.04. The van der Waals surface area contributed by atoms with E-state index in [0.717, 1.165) is 10.1 Å². The van der Waals surface area contributed by atoms with Gasteiger partial charge in [-0.05, 0) is 26.3 Å². The Balaban J connectivity index is 4.99. The van der Waals surface area contributed by atoms with E-state index in [9.17, 15) is 4.79 Å². The average molecular weight is 259 g/mol. The number of allylic oxidation sites excluding steroid dienone is 3. The van der Waals surface area contributed by atoms with Gasteiger partial charge in [-0.2, -0.15) is 0 Å². The fourth-order valence-electron chi connectivity index (χ4n) is 1.04. The predicted molar refractivity (Wildman–Crippen MR) is 62.2 cm³/mol. The molecule has 0 heterocycles. The van der Waals surface area contributed by atoms with Gasteiger partial charge >= 0.3 is 5.97 Å². The zero-order valence-corrected chi connectivity index (χ0v) is 10.3. The van der Waals surface area contributed by atoms with Gasteiger partial charge in [-0.3, -0.25) is 0 Å². The van der Waals surface area contributed by atoms with Crippen molar-refractivity contribution >= 4 is 21.9 Å². The van der Waals surface area contributed by atoms with Crippen LogP contribution in [0.4, 0.5) is 0 Å². The van der Waals surface area contributed by atoms with Crippen LogP contribution in [0, 0.1) is 0 Å². The van der Waals surface area contributed by atoms with Gasteiger partial charge < -0.3 is 4.74 Å². The zero-order valence-electron chi connectivity index (χ0n) is 8.76. The number of hydrogen-bond donors (Lipinski definition) is 0. The van der Waals surface area contributed by atoms with Gasteiger partial charge in [-0.25, -0.2) is 4.79 Å². The third-order valence-electron chi connectivity index (χ3n) is 1.59. The second-order valence-electron chi connectivity index (χ2n) is 2.71. The summed E-state index contributed by atoms with van der Waals surface area (Å²) in [5.74, 6) is -0.308. The highest BCUT2D eigenvalue weighted by Gasteiger charge is 2.14. The van der Waals surface area contributed by atoms with Crippen molar-refractivity contribution in [1.29, 1.82) is 0 Å². The van der Waals surface area contributed by atoms with E-state index < -0.39 is 0 Å². The number of halogens is 1. The minimum absolute atomic E-state index is 0.308. The first-order valence-electron chi connectivity index (χ1n) is 4.37. The van der Waals surface area contributed by atoms with E-state index in [4.69, 9.17) is 4.74 Å². The SMILES string of the molecule is C=C/C=C(C)\C(C(=O)OCC)=C(/C)Br. The van der Waals surface area contributed by atoms with E-state index in [2.05, 4.69) is 22.5 Å². The summed E-state index contributed by atoms with van der Waals surface area (Å²) in [7, 11) is 0. The zero-order chi connectivity index (χ0) is 11.1. The molecule has 0 N–H and O–H groups in total. The van der Waals surface area contributed by atoms with Crippen LogP contribution in [0.15, 0.2) is 34.4 Å². The Hall–Kier alpha value is -0.830. The van der Waals surface area contributed by atoms with Gasteiger partial charge in [0.2, 0.25) is 0 Å². The summed E-state index contributed by atoms with van der Waals surface area (Å²) in [6, 6.07) is 0. The number of rotatable bonds is 4. The molecule has 0 unspecified atom stereocenters. The third kappa shape index (κ3) is 3.92. The van der Waals surface area contributed by atoms with Crippen LogP contribution in [0.5, 0.6) is 0 Å². The van der Waals surface area contributed by atoms with Gasteiger partial charge in [-0.1, -0.05) is 34.7 Å². The number of carbonyl (C=O) groups is 1. The van der Waals surface area contributed by atoms with Gasteiger partial charge in [0.1, 0.15) is 0 Å². The molecule has 78 valence electrons. The second kappa shape index (κ2) is 6.60. The molecule has 0 aromatic heterocycles. The Morgan fingerprint density at radius 1 is 1.50 bits per heavy atom. The van der Waals surface area contributed by atoms with Crippen molar-refractivity contribution in [3.8, 4) is 0 Å². The standard InChI is InChI=1S/C11H15BrO2/c1-5-7-8(3)10(9(4)12)11(13)14-6-2/h5,7H,1,6H2,2-4H3/b8-7-,10-9-. The van der Waals surface area contributed by atoms with Crippen LogP contribution in [0.3, 0.4) is 0 Å². The maximum absolute atomic E-state index is 11.5. The first-order chi connectivity index (χ1) is 6.54. The van der Waals surface area contributed by atoms with Crippen molar-refractivity contribution in [2.75, 3.05) is 6.61 Å². The lowest BCUT2D eigenvalue weighted by molar-refractivity contribution is -0.138. The number of carbonyl (C=O) groups excluding carboxylic acids is 1. The number of ether oxygens (including phenoxy) is 1. The summed E-state index contributed by atoms with van der Waals surface area (Å²) in [4.78, 5) is 11.5. The highest BCUT2D eigenvalue weighted by Crippen LogP contribution is 2.20. The Kier molecular flexibility index (Phi) is 6.21. The first kappa shape index (κ1) is 13.2. The Labute approximate surface area is 93.5 Å². The van der Waals surface area contributed by atoms with Gasteiger partial charge in [0.15, 0.2) is 0 Å². The van der Waals surface area contributed by atoms with Crippen molar-refractivity contribution in [2.45, 2.75) is 20.8 Å². The van der Waals surface area contributed by atoms with E-state index >= 15 is 0 Å². The maximum Gasteiger partial charge on any atom is 0.339 e. The van der Waals surface area contributed by atoms with E-state index in [1.165, 1.54) is 0 Å². The minimum atomic E-state index is -0.308. The van der Waals surface area contributed by atoms with Gasteiger partial charge in [0.25, 0.3) is 0 Å². The molecule has 0 amide bonds. The molecule has 0 saturated carbocycles. The van der Waals surface area contributed by atoms with Crippen molar-refractivity contribution < 1.29 is 9.53 Å². The monoisotopic (exact) mass is 258 g/mol. The predicted octanol–water partition coefficient (Wildman–Crippen LogP) is 3.35. The quantitative estimate of drug-likeness (QED) is 0.439. The molecule has 0 atom stereocenters. The third-order valence-corrected chi connectivity index (χ3v) is 1.98. The Morgan fingerprint density at radius 2 is 2.07 bits per heavy atom.